The van der Waals surface area contributed by atoms with Crippen LogP contribution in [0.3, 0.4) is 0 Å². The topological polar surface area (TPSA) is 80.3 Å². The zero-order chi connectivity index (χ0) is 18.1. The third kappa shape index (κ3) is 3.49. The summed E-state index contributed by atoms with van der Waals surface area (Å²) in [5.74, 6) is 0.122. The second kappa shape index (κ2) is 6.93. The fourth-order valence-corrected chi connectivity index (χ4v) is 3.78. The second-order valence-electron chi connectivity index (χ2n) is 5.77. The van der Waals surface area contributed by atoms with Crippen molar-refractivity contribution in [3.05, 3.63) is 52.0 Å². The van der Waals surface area contributed by atoms with Gasteiger partial charge in [0.2, 0.25) is 0 Å². The molecule has 0 unspecified atom stereocenters. The van der Waals surface area contributed by atoms with Crippen LogP contribution in [0.15, 0.2) is 36.4 Å². The number of amides is 2. The maximum atomic E-state index is 12.3. The maximum Gasteiger partial charge on any atom is 0.262 e. The molecule has 1 aromatic heterocycles. The predicted molar refractivity (Wildman–Crippen MR) is 101 cm³/mol. The summed E-state index contributed by atoms with van der Waals surface area (Å²) in [4.78, 5) is 28.2. The number of hydrogen-bond acceptors (Lipinski definition) is 5. The summed E-state index contributed by atoms with van der Waals surface area (Å²) in [5.41, 5.74) is 1.84. The fraction of sp³-hybridized carbons (Fsp3) is 0.167. The summed E-state index contributed by atoms with van der Waals surface area (Å²) in [6.07, 6.45) is 0.632. The highest BCUT2D eigenvalue weighted by Gasteiger charge is 2.17. The van der Waals surface area contributed by atoms with Crippen LogP contribution in [0.1, 0.15) is 15.4 Å². The van der Waals surface area contributed by atoms with E-state index in [1.54, 1.807) is 29.5 Å². The van der Waals surface area contributed by atoms with Gasteiger partial charge in [-0.25, -0.2) is 4.98 Å². The number of thiazole rings is 1. The summed E-state index contributed by atoms with van der Waals surface area (Å²) in [7, 11) is 0. The summed E-state index contributed by atoms with van der Waals surface area (Å²) in [6, 6.07) is 10.6. The van der Waals surface area contributed by atoms with E-state index in [-0.39, 0.29) is 18.4 Å². The Hall–Kier alpha value is -2.64. The molecule has 0 saturated carbocycles. The van der Waals surface area contributed by atoms with Gasteiger partial charge in [-0.15, -0.1) is 11.3 Å². The zero-order valence-electron chi connectivity index (χ0n) is 13.5. The van der Waals surface area contributed by atoms with E-state index in [0.29, 0.717) is 35.0 Å². The van der Waals surface area contributed by atoms with Crippen LogP contribution in [0.4, 0.5) is 5.69 Å². The van der Waals surface area contributed by atoms with Gasteiger partial charge in [0.1, 0.15) is 5.75 Å². The minimum Gasteiger partial charge on any atom is -0.482 e. The van der Waals surface area contributed by atoms with Crippen LogP contribution in [0.5, 0.6) is 5.75 Å². The molecule has 0 spiro atoms. The molecule has 2 amide bonds. The van der Waals surface area contributed by atoms with Gasteiger partial charge in [-0.3, -0.25) is 9.59 Å². The minimum atomic E-state index is -0.231. The number of nitrogens with zero attached hydrogens (tertiary/aromatic N) is 1. The van der Waals surface area contributed by atoms with E-state index < -0.39 is 0 Å². The van der Waals surface area contributed by atoms with Gasteiger partial charge in [0.15, 0.2) is 6.61 Å². The number of ether oxygens (including phenoxy) is 1. The monoisotopic (exact) mass is 387 g/mol. The number of halogens is 1. The Balaban J connectivity index is 1.39. The summed E-state index contributed by atoms with van der Waals surface area (Å²) < 4.78 is 6.36. The Morgan fingerprint density at radius 1 is 1.31 bits per heavy atom. The van der Waals surface area contributed by atoms with Crippen molar-refractivity contribution in [2.75, 3.05) is 18.5 Å². The highest BCUT2D eigenvalue weighted by molar-refractivity contribution is 7.18. The molecule has 1 aliphatic rings. The lowest BCUT2D eigenvalue weighted by atomic mass is 10.1. The first-order valence-electron chi connectivity index (χ1n) is 7.98. The fourth-order valence-electron chi connectivity index (χ4n) is 2.66. The van der Waals surface area contributed by atoms with Gasteiger partial charge in [-0.1, -0.05) is 11.6 Å². The molecular formula is C18H14ClN3O3S. The molecule has 26 heavy (non-hydrogen) atoms. The van der Waals surface area contributed by atoms with Crippen LogP contribution in [0, 0.1) is 0 Å². The first-order chi connectivity index (χ1) is 12.6. The van der Waals surface area contributed by atoms with Crippen LogP contribution >= 0.6 is 22.9 Å². The third-order valence-electron chi connectivity index (χ3n) is 3.89. The molecule has 2 heterocycles. The van der Waals surface area contributed by atoms with Crippen LogP contribution in [0.25, 0.3) is 10.2 Å². The number of aromatic nitrogens is 1. The van der Waals surface area contributed by atoms with E-state index in [9.17, 15) is 9.59 Å². The molecule has 0 radical (unpaired) electrons. The molecule has 6 nitrogen and oxygen atoms in total. The standard InChI is InChI=1S/C18H14ClN3O3S/c19-11-2-4-15-13(8-11)22-17(26-15)5-6-20-18(24)10-1-3-14-12(7-10)21-16(23)9-25-14/h1-4,7-8H,5-6,9H2,(H,20,24)(H,21,23). The molecule has 0 atom stereocenters. The van der Waals surface area contributed by atoms with Gasteiger partial charge in [-0.2, -0.15) is 0 Å². The van der Waals surface area contributed by atoms with Crippen molar-refractivity contribution in [2.45, 2.75) is 6.42 Å². The van der Waals surface area contributed by atoms with E-state index in [1.807, 2.05) is 18.2 Å². The lowest BCUT2D eigenvalue weighted by molar-refractivity contribution is -0.118. The third-order valence-corrected chi connectivity index (χ3v) is 5.22. The smallest absolute Gasteiger partial charge is 0.262 e. The van der Waals surface area contributed by atoms with Crippen molar-refractivity contribution in [2.24, 2.45) is 0 Å². The van der Waals surface area contributed by atoms with Crippen molar-refractivity contribution >= 4 is 50.7 Å². The lowest BCUT2D eigenvalue weighted by Gasteiger charge is -2.18. The van der Waals surface area contributed by atoms with E-state index in [2.05, 4.69) is 15.6 Å². The predicted octanol–water partition coefficient (Wildman–Crippen LogP) is 3.25. The van der Waals surface area contributed by atoms with Crippen molar-refractivity contribution in [3.63, 3.8) is 0 Å². The van der Waals surface area contributed by atoms with Crippen molar-refractivity contribution in [1.29, 1.82) is 0 Å². The zero-order valence-corrected chi connectivity index (χ0v) is 15.1. The molecule has 0 bridgehead atoms. The Morgan fingerprint density at radius 3 is 3.08 bits per heavy atom. The number of fused-ring (bicyclic) bond motifs is 2. The number of hydrogen-bond donors (Lipinski definition) is 2. The number of anilines is 1. The molecule has 0 saturated heterocycles. The molecule has 0 aliphatic carbocycles. The largest absolute Gasteiger partial charge is 0.482 e. The number of carbonyl (C=O) groups excluding carboxylic acids is 2. The van der Waals surface area contributed by atoms with E-state index >= 15 is 0 Å². The first kappa shape index (κ1) is 16.8. The van der Waals surface area contributed by atoms with Crippen molar-refractivity contribution in [1.82, 2.24) is 10.3 Å². The summed E-state index contributed by atoms with van der Waals surface area (Å²) >= 11 is 7.56. The van der Waals surface area contributed by atoms with E-state index in [1.165, 1.54) is 0 Å². The van der Waals surface area contributed by atoms with Gasteiger partial charge < -0.3 is 15.4 Å². The molecule has 8 heteroatoms. The van der Waals surface area contributed by atoms with E-state index in [4.69, 9.17) is 16.3 Å². The molecule has 3 aromatic rings. The molecular weight excluding hydrogens is 374 g/mol. The Bertz CT molecular complexity index is 1020. The van der Waals surface area contributed by atoms with Gasteiger partial charge in [0.25, 0.3) is 11.8 Å². The van der Waals surface area contributed by atoms with Crippen LogP contribution in [-0.4, -0.2) is 29.9 Å². The van der Waals surface area contributed by atoms with E-state index in [0.717, 1.165) is 15.2 Å². The average molecular weight is 388 g/mol. The van der Waals surface area contributed by atoms with Gasteiger partial charge in [0.05, 0.1) is 20.9 Å². The Morgan fingerprint density at radius 2 is 2.19 bits per heavy atom. The van der Waals surface area contributed by atoms with Crippen LogP contribution < -0.4 is 15.4 Å². The Labute approximate surface area is 158 Å². The SMILES string of the molecule is O=C1COc2ccc(C(=O)NCCc3nc4cc(Cl)ccc4s3)cc2N1. The first-order valence-corrected chi connectivity index (χ1v) is 9.18. The lowest BCUT2D eigenvalue weighted by Crippen LogP contribution is -2.28. The minimum absolute atomic E-state index is 0.00801. The van der Waals surface area contributed by atoms with Gasteiger partial charge in [0, 0.05) is 23.6 Å². The van der Waals surface area contributed by atoms with Gasteiger partial charge in [-0.05, 0) is 36.4 Å². The second-order valence-corrected chi connectivity index (χ2v) is 7.32. The highest BCUT2D eigenvalue weighted by Crippen LogP contribution is 2.28. The summed E-state index contributed by atoms with van der Waals surface area (Å²) in [6.45, 7) is 0.457. The average Bonchev–Trinajstić information content (AvgIpc) is 3.02. The molecule has 4 rings (SSSR count). The normalized spacial score (nSPS) is 13.0. The van der Waals surface area contributed by atoms with Crippen LogP contribution in [-0.2, 0) is 11.2 Å². The Kier molecular flexibility index (Phi) is 4.48. The number of rotatable bonds is 4. The summed E-state index contributed by atoms with van der Waals surface area (Å²) in [5, 5.41) is 7.16. The molecule has 2 N–H and O–H groups in total. The van der Waals surface area contributed by atoms with Crippen molar-refractivity contribution in [3.8, 4) is 5.75 Å². The maximum absolute atomic E-state index is 12.3. The van der Waals surface area contributed by atoms with Gasteiger partial charge >= 0.3 is 0 Å². The quantitative estimate of drug-likeness (QED) is 0.720. The molecule has 0 fully saturated rings. The molecule has 1 aliphatic heterocycles. The number of benzene rings is 2. The number of carbonyl (C=O) groups is 2. The molecule has 132 valence electrons. The highest BCUT2D eigenvalue weighted by atomic mass is 35.5. The number of nitrogens with one attached hydrogen (secondary N) is 2. The van der Waals surface area contributed by atoms with Crippen LogP contribution in [0.2, 0.25) is 5.02 Å². The molecule has 2 aromatic carbocycles. The van der Waals surface area contributed by atoms with Crippen molar-refractivity contribution < 1.29 is 14.3 Å².